The highest BCUT2D eigenvalue weighted by atomic mass is 32.2. The molecule has 1 heterocycles. The maximum atomic E-state index is 13.0. The number of ether oxygens (including phenoxy) is 1. The number of nitriles is 1. The third-order valence-corrected chi connectivity index (χ3v) is 3.71. The van der Waals surface area contributed by atoms with Gasteiger partial charge in [0.1, 0.15) is 24.0 Å². The summed E-state index contributed by atoms with van der Waals surface area (Å²) in [6, 6.07) is 4.08. The van der Waals surface area contributed by atoms with Crippen LogP contribution in [-0.2, 0) is 6.18 Å². The fourth-order valence-electron chi connectivity index (χ4n) is 2.04. The zero-order chi connectivity index (χ0) is 19.5. The Balaban J connectivity index is 2.65. The van der Waals surface area contributed by atoms with Gasteiger partial charge < -0.3 is 9.72 Å². The highest BCUT2D eigenvalue weighted by Crippen LogP contribution is 2.38. The van der Waals surface area contributed by atoms with Crippen LogP contribution in [0.4, 0.5) is 22.0 Å². The zero-order valence-corrected chi connectivity index (χ0v) is 13.8. The summed E-state index contributed by atoms with van der Waals surface area (Å²) in [6.07, 6.45) is -6.21. The summed E-state index contributed by atoms with van der Waals surface area (Å²) >= 11 is 1.05. The molecule has 0 spiro atoms. The molecule has 1 N–H and O–H groups in total. The summed E-state index contributed by atoms with van der Waals surface area (Å²) in [5.41, 5.74) is -2.65. The number of hydrogen-bond acceptors (Lipinski definition) is 5. The molecule has 0 saturated carbocycles. The molecule has 0 saturated heterocycles. The van der Waals surface area contributed by atoms with Crippen LogP contribution in [0.1, 0.15) is 11.1 Å². The van der Waals surface area contributed by atoms with Gasteiger partial charge in [-0.25, -0.2) is 13.8 Å². The van der Waals surface area contributed by atoms with E-state index in [4.69, 9.17) is 5.26 Å². The highest BCUT2D eigenvalue weighted by molar-refractivity contribution is 7.98. The van der Waals surface area contributed by atoms with E-state index in [9.17, 15) is 26.7 Å². The van der Waals surface area contributed by atoms with Crippen molar-refractivity contribution >= 4 is 11.8 Å². The summed E-state index contributed by atoms with van der Waals surface area (Å²) in [6.45, 7) is -1.24. The number of rotatable bonds is 5. The summed E-state index contributed by atoms with van der Waals surface area (Å²) in [5.74, 6) is -0.841. The minimum Gasteiger partial charge on any atom is -0.487 e. The number of H-pyrrole nitrogens is 1. The van der Waals surface area contributed by atoms with Crippen LogP contribution in [0.2, 0.25) is 0 Å². The fourth-order valence-corrected chi connectivity index (χ4v) is 2.42. The number of thioether (sulfide) groups is 1. The predicted octanol–water partition coefficient (Wildman–Crippen LogP) is 3.69. The van der Waals surface area contributed by atoms with Crippen molar-refractivity contribution in [3.8, 4) is 23.1 Å². The molecule has 2 rings (SSSR count). The molecule has 0 aliphatic rings. The van der Waals surface area contributed by atoms with E-state index in [1.165, 1.54) is 0 Å². The number of alkyl halides is 5. The Morgan fingerprint density at radius 3 is 2.62 bits per heavy atom. The largest absolute Gasteiger partial charge is 0.487 e. The van der Waals surface area contributed by atoms with Gasteiger partial charge in [0.05, 0.1) is 11.3 Å². The zero-order valence-electron chi connectivity index (χ0n) is 13.0. The van der Waals surface area contributed by atoms with Gasteiger partial charge in [-0.3, -0.25) is 4.79 Å². The third kappa shape index (κ3) is 4.32. The van der Waals surface area contributed by atoms with Gasteiger partial charge in [0.2, 0.25) is 0 Å². The van der Waals surface area contributed by atoms with Gasteiger partial charge in [0.15, 0.2) is 5.16 Å². The van der Waals surface area contributed by atoms with Crippen LogP contribution < -0.4 is 10.3 Å². The van der Waals surface area contributed by atoms with Crippen molar-refractivity contribution in [1.82, 2.24) is 9.97 Å². The van der Waals surface area contributed by atoms with E-state index < -0.39 is 41.6 Å². The van der Waals surface area contributed by atoms with Gasteiger partial charge >= 0.3 is 6.18 Å². The van der Waals surface area contributed by atoms with Crippen molar-refractivity contribution in [3.63, 3.8) is 0 Å². The van der Waals surface area contributed by atoms with E-state index in [0.29, 0.717) is 6.07 Å². The molecule has 0 radical (unpaired) electrons. The minimum atomic E-state index is -4.83. The van der Waals surface area contributed by atoms with E-state index in [-0.39, 0.29) is 16.4 Å². The van der Waals surface area contributed by atoms with Gasteiger partial charge in [-0.1, -0.05) is 17.8 Å². The predicted molar refractivity (Wildman–Crippen MR) is 83.3 cm³/mol. The lowest BCUT2D eigenvalue weighted by Gasteiger charge is -2.15. The molecule has 1 aromatic carbocycles. The number of benzene rings is 1. The Bertz CT molecular complexity index is 906. The standard InChI is InChI=1S/C15H10F5N3O2S/c1-26-14-22-12(8(5-21)13(24)23-14)7-2-3-9(15(18,19)20)10(4-7)25-6-11(16)17/h2-4,11H,6H2,1H3,(H,22,23,24). The molecule has 11 heteroatoms. The molecule has 0 fully saturated rings. The van der Waals surface area contributed by atoms with E-state index in [2.05, 4.69) is 14.7 Å². The topological polar surface area (TPSA) is 78.8 Å². The normalized spacial score (nSPS) is 11.5. The van der Waals surface area contributed by atoms with Gasteiger partial charge in [0.25, 0.3) is 12.0 Å². The average molecular weight is 391 g/mol. The van der Waals surface area contributed by atoms with E-state index in [0.717, 1.165) is 23.9 Å². The molecule has 0 bridgehead atoms. The molecule has 1 aromatic heterocycles. The second-order valence-electron chi connectivity index (χ2n) is 4.82. The smallest absolute Gasteiger partial charge is 0.419 e. The Morgan fingerprint density at radius 2 is 2.08 bits per heavy atom. The molecule has 0 unspecified atom stereocenters. The molecule has 5 nitrogen and oxygen atoms in total. The van der Waals surface area contributed by atoms with Crippen LogP contribution in [0.25, 0.3) is 11.3 Å². The van der Waals surface area contributed by atoms with E-state index in [1.54, 1.807) is 12.3 Å². The molecule has 26 heavy (non-hydrogen) atoms. The van der Waals surface area contributed by atoms with Gasteiger partial charge in [-0.2, -0.15) is 18.4 Å². The Kier molecular flexibility index (Phi) is 5.86. The van der Waals surface area contributed by atoms with Crippen molar-refractivity contribution in [2.75, 3.05) is 12.9 Å². The maximum absolute atomic E-state index is 13.0. The van der Waals surface area contributed by atoms with Gasteiger partial charge in [0, 0.05) is 5.56 Å². The van der Waals surface area contributed by atoms with Crippen LogP contribution >= 0.6 is 11.8 Å². The molecular formula is C15H10F5N3O2S. The number of aromatic nitrogens is 2. The lowest BCUT2D eigenvalue weighted by atomic mass is 10.0. The Hall–Kier alpha value is -2.61. The molecule has 138 valence electrons. The first-order chi connectivity index (χ1) is 12.2. The van der Waals surface area contributed by atoms with Gasteiger partial charge in [-0.15, -0.1) is 0 Å². The van der Waals surface area contributed by atoms with Crippen molar-refractivity contribution < 1.29 is 26.7 Å². The SMILES string of the molecule is CSc1nc(-c2ccc(C(F)(F)F)c(OCC(F)F)c2)c(C#N)c(=O)[nH]1. The van der Waals surface area contributed by atoms with Crippen LogP contribution in [0, 0.1) is 11.3 Å². The van der Waals surface area contributed by atoms with Crippen molar-refractivity contribution in [2.24, 2.45) is 0 Å². The summed E-state index contributed by atoms with van der Waals surface area (Å²) in [4.78, 5) is 18.3. The number of halogens is 5. The lowest BCUT2D eigenvalue weighted by Crippen LogP contribution is -2.15. The van der Waals surface area contributed by atoms with Crippen molar-refractivity contribution in [3.05, 3.63) is 39.7 Å². The first-order valence-electron chi connectivity index (χ1n) is 6.88. The molecule has 0 amide bonds. The van der Waals surface area contributed by atoms with Gasteiger partial charge in [-0.05, 0) is 18.4 Å². The highest BCUT2D eigenvalue weighted by Gasteiger charge is 2.35. The van der Waals surface area contributed by atoms with Crippen LogP contribution in [0.3, 0.4) is 0 Å². The minimum absolute atomic E-state index is 0.0415. The quantitative estimate of drug-likeness (QED) is 0.478. The Morgan fingerprint density at radius 1 is 1.38 bits per heavy atom. The van der Waals surface area contributed by atoms with Crippen LogP contribution in [0.5, 0.6) is 5.75 Å². The first kappa shape index (κ1) is 19.7. The number of nitrogens with one attached hydrogen (secondary N) is 1. The summed E-state index contributed by atoms with van der Waals surface area (Å²) in [5, 5.41) is 9.26. The monoisotopic (exact) mass is 391 g/mol. The second kappa shape index (κ2) is 7.74. The summed E-state index contributed by atoms with van der Waals surface area (Å²) < 4.78 is 68.4. The number of nitrogens with zero attached hydrogens (tertiary/aromatic N) is 2. The molecule has 0 aliphatic carbocycles. The first-order valence-corrected chi connectivity index (χ1v) is 8.10. The lowest BCUT2D eigenvalue weighted by molar-refractivity contribution is -0.139. The maximum Gasteiger partial charge on any atom is 0.419 e. The van der Waals surface area contributed by atoms with Crippen molar-refractivity contribution in [1.29, 1.82) is 5.26 Å². The third-order valence-electron chi connectivity index (χ3n) is 3.13. The second-order valence-corrected chi connectivity index (χ2v) is 5.62. The Labute approximate surface area is 147 Å². The van der Waals surface area contributed by atoms with Crippen LogP contribution in [-0.4, -0.2) is 29.3 Å². The molecule has 2 aromatic rings. The molecule has 0 atom stereocenters. The van der Waals surface area contributed by atoms with E-state index in [1.807, 2.05) is 0 Å². The average Bonchev–Trinajstić information content (AvgIpc) is 2.58. The molecular weight excluding hydrogens is 381 g/mol. The van der Waals surface area contributed by atoms with Crippen LogP contribution in [0.15, 0.2) is 28.2 Å². The number of hydrogen-bond donors (Lipinski definition) is 1. The molecule has 0 aliphatic heterocycles. The van der Waals surface area contributed by atoms with Crippen molar-refractivity contribution in [2.45, 2.75) is 17.8 Å². The fraction of sp³-hybridized carbons (Fsp3) is 0.267. The number of aromatic amines is 1. The van der Waals surface area contributed by atoms with E-state index >= 15 is 0 Å². The summed E-state index contributed by atoms with van der Waals surface area (Å²) in [7, 11) is 0.